The Morgan fingerprint density at radius 1 is 1.40 bits per heavy atom. The molecule has 0 amide bonds. The van der Waals surface area contributed by atoms with Crippen molar-refractivity contribution in [1.29, 1.82) is 0 Å². The first kappa shape index (κ1) is 13.9. The van der Waals surface area contributed by atoms with Crippen molar-refractivity contribution in [3.05, 3.63) is 53.7 Å². The average Bonchev–Trinajstić information content (AvgIpc) is 2.41. The molecule has 0 spiro atoms. The topological polar surface area (TPSA) is 88.2 Å². The molecule has 0 bridgehead atoms. The average molecular weight is 271 g/mol. The molecule has 0 saturated heterocycles. The first-order valence-corrected chi connectivity index (χ1v) is 6.35. The Hall–Kier alpha value is -2.56. The number of nitrogens with two attached hydrogens (primary N) is 1. The fraction of sp³-hybridized carbons (Fsp3) is 0.200. The molecule has 2 aromatic rings. The SMILES string of the molecule is CC(Cc1ccccc1)Nc1ncc(N)cc1C(=O)O. The number of nitrogen functional groups attached to an aromatic ring is 1. The molecule has 0 radical (unpaired) electrons. The van der Waals surface area contributed by atoms with Crippen LogP contribution in [0.15, 0.2) is 42.6 Å². The van der Waals surface area contributed by atoms with Crippen LogP contribution >= 0.6 is 0 Å². The number of anilines is 2. The second kappa shape index (κ2) is 6.06. The molecule has 0 saturated carbocycles. The molecule has 1 atom stereocenters. The number of pyridine rings is 1. The van der Waals surface area contributed by atoms with Crippen molar-refractivity contribution in [1.82, 2.24) is 4.98 Å². The third kappa shape index (κ3) is 3.47. The lowest BCUT2D eigenvalue weighted by Gasteiger charge is -2.16. The molecule has 5 nitrogen and oxygen atoms in total. The Morgan fingerprint density at radius 3 is 2.75 bits per heavy atom. The summed E-state index contributed by atoms with van der Waals surface area (Å²) in [5.74, 6) is -0.700. The second-order valence-electron chi connectivity index (χ2n) is 4.71. The van der Waals surface area contributed by atoms with Crippen molar-refractivity contribution in [3.63, 3.8) is 0 Å². The summed E-state index contributed by atoms with van der Waals surface area (Å²) >= 11 is 0. The molecule has 1 aromatic carbocycles. The first-order chi connectivity index (χ1) is 9.56. The number of nitrogens with zero attached hydrogens (tertiary/aromatic N) is 1. The van der Waals surface area contributed by atoms with Crippen LogP contribution in [0, 0.1) is 0 Å². The second-order valence-corrected chi connectivity index (χ2v) is 4.71. The number of rotatable bonds is 5. The van der Waals surface area contributed by atoms with Crippen molar-refractivity contribution in [2.75, 3.05) is 11.1 Å². The van der Waals surface area contributed by atoms with Crippen LogP contribution < -0.4 is 11.1 Å². The lowest BCUT2D eigenvalue weighted by atomic mass is 10.1. The summed E-state index contributed by atoms with van der Waals surface area (Å²) in [6.45, 7) is 1.98. The highest BCUT2D eigenvalue weighted by Gasteiger charge is 2.14. The van der Waals surface area contributed by atoms with E-state index in [1.807, 2.05) is 37.3 Å². The van der Waals surface area contributed by atoms with Crippen molar-refractivity contribution >= 4 is 17.5 Å². The van der Waals surface area contributed by atoms with E-state index in [-0.39, 0.29) is 11.6 Å². The molecule has 0 aliphatic carbocycles. The minimum Gasteiger partial charge on any atom is -0.478 e. The van der Waals surface area contributed by atoms with Crippen LogP contribution in [0.2, 0.25) is 0 Å². The lowest BCUT2D eigenvalue weighted by Crippen LogP contribution is -2.21. The normalized spacial score (nSPS) is 11.8. The number of carboxylic acid groups (broad SMARTS) is 1. The van der Waals surface area contributed by atoms with Gasteiger partial charge >= 0.3 is 5.97 Å². The van der Waals surface area contributed by atoms with Crippen molar-refractivity contribution in [2.45, 2.75) is 19.4 Å². The zero-order valence-corrected chi connectivity index (χ0v) is 11.2. The first-order valence-electron chi connectivity index (χ1n) is 6.35. The third-order valence-corrected chi connectivity index (χ3v) is 2.91. The number of carbonyl (C=O) groups is 1. The van der Waals surface area contributed by atoms with Gasteiger partial charge in [-0.15, -0.1) is 0 Å². The van der Waals surface area contributed by atoms with E-state index in [1.54, 1.807) is 0 Å². The molecule has 20 heavy (non-hydrogen) atoms. The maximum atomic E-state index is 11.2. The van der Waals surface area contributed by atoms with E-state index in [1.165, 1.54) is 17.8 Å². The number of aromatic nitrogens is 1. The molecule has 4 N–H and O–H groups in total. The molecule has 104 valence electrons. The third-order valence-electron chi connectivity index (χ3n) is 2.91. The Kier molecular flexibility index (Phi) is 4.20. The molecule has 1 aromatic heterocycles. The molecule has 0 aliphatic rings. The molecule has 5 heteroatoms. The predicted molar refractivity (Wildman–Crippen MR) is 78.8 cm³/mol. The van der Waals surface area contributed by atoms with Gasteiger partial charge in [-0.3, -0.25) is 0 Å². The Balaban J connectivity index is 2.11. The number of hydrogen-bond acceptors (Lipinski definition) is 4. The van der Waals surface area contributed by atoms with E-state index in [4.69, 9.17) is 10.8 Å². The fourth-order valence-corrected chi connectivity index (χ4v) is 2.01. The van der Waals surface area contributed by atoms with E-state index >= 15 is 0 Å². The number of carboxylic acids is 1. The van der Waals surface area contributed by atoms with Crippen LogP contribution in [-0.4, -0.2) is 22.1 Å². The Bertz CT molecular complexity index is 599. The van der Waals surface area contributed by atoms with Gasteiger partial charge in [-0.1, -0.05) is 30.3 Å². The van der Waals surface area contributed by atoms with Gasteiger partial charge < -0.3 is 16.2 Å². The van der Waals surface area contributed by atoms with Gasteiger partial charge in [0.1, 0.15) is 11.4 Å². The molecular formula is C15H17N3O2. The van der Waals surface area contributed by atoms with E-state index in [0.717, 1.165) is 6.42 Å². The summed E-state index contributed by atoms with van der Waals surface area (Å²) in [4.78, 5) is 15.2. The largest absolute Gasteiger partial charge is 0.478 e. The summed E-state index contributed by atoms with van der Waals surface area (Å²) < 4.78 is 0. The van der Waals surface area contributed by atoms with Gasteiger partial charge in [0.05, 0.1) is 11.9 Å². The summed E-state index contributed by atoms with van der Waals surface area (Å²) in [6.07, 6.45) is 2.23. The standard InChI is InChI=1S/C15H17N3O2/c1-10(7-11-5-3-2-4-6-11)18-14-13(15(19)20)8-12(16)9-17-14/h2-6,8-10H,7,16H2,1H3,(H,17,18)(H,19,20). The molecule has 0 fully saturated rings. The predicted octanol–water partition coefficient (Wildman–Crippen LogP) is 2.41. The zero-order chi connectivity index (χ0) is 14.5. The minimum absolute atomic E-state index is 0.0617. The zero-order valence-electron chi connectivity index (χ0n) is 11.2. The van der Waals surface area contributed by atoms with Crippen molar-refractivity contribution in [3.8, 4) is 0 Å². The summed E-state index contributed by atoms with van der Waals surface area (Å²) in [7, 11) is 0. The van der Waals surface area contributed by atoms with Crippen molar-refractivity contribution < 1.29 is 9.90 Å². The highest BCUT2D eigenvalue weighted by Crippen LogP contribution is 2.17. The van der Waals surface area contributed by atoms with Gasteiger partial charge in [0.15, 0.2) is 0 Å². The van der Waals surface area contributed by atoms with E-state index in [0.29, 0.717) is 11.5 Å². The highest BCUT2D eigenvalue weighted by molar-refractivity contribution is 5.94. The fourth-order valence-electron chi connectivity index (χ4n) is 2.01. The van der Waals surface area contributed by atoms with Crippen LogP contribution in [-0.2, 0) is 6.42 Å². The number of benzene rings is 1. The number of hydrogen-bond donors (Lipinski definition) is 3. The maximum Gasteiger partial charge on any atom is 0.339 e. The van der Waals surface area contributed by atoms with E-state index < -0.39 is 5.97 Å². The van der Waals surface area contributed by atoms with Gasteiger partial charge in [0.2, 0.25) is 0 Å². The van der Waals surface area contributed by atoms with Gasteiger partial charge in [-0.05, 0) is 25.0 Å². The van der Waals surface area contributed by atoms with E-state index in [9.17, 15) is 4.79 Å². The van der Waals surface area contributed by atoms with Gasteiger partial charge in [-0.25, -0.2) is 9.78 Å². The minimum atomic E-state index is -1.04. The summed E-state index contributed by atoms with van der Waals surface area (Å²) in [6, 6.07) is 11.5. The number of nitrogens with one attached hydrogen (secondary N) is 1. The Labute approximate surface area is 117 Å². The summed E-state index contributed by atoms with van der Waals surface area (Å²) in [5, 5.41) is 12.3. The number of aromatic carboxylic acids is 1. The maximum absolute atomic E-state index is 11.2. The van der Waals surface area contributed by atoms with Gasteiger partial charge in [0, 0.05) is 6.04 Å². The molecule has 2 rings (SSSR count). The monoisotopic (exact) mass is 271 g/mol. The lowest BCUT2D eigenvalue weighted by molar-refractivity contribution is 0.0697. The quantitative estimate of drug-likeness (QED) is 0.777. The molecular weight excluding hydrogens is 254 g/mol. The summed E-state index contributed by atoms with van der Waals surface area (Å²) in [5.41, 5.74) is 7.17. The van der Waals surface area contributed by atoms with Crippen LogP contribution in [0.1, 0.15) is 22.8 Å². The Morgan fingerprint density at radius 2 is 2.10 bits per heavy atom. The molecule has 0 aliphatic heterocycles. The van der Waals surface area contributed by atoms with Crippen LogP contribution in [0.5, 0.6) is 0 Å². The van der Waals surface area contributed by atoms with Crippen LogP contribution in [0.25, 0.3) is 0 Å². The van der Waals surface area contributed by atoms with Gasteiger partial charge in [0.25, 0.3) is 0 Å². The molecule has 1 heterocycles. The highest BCUT2D eigenvalue weighted by atomic mass is 16.4. The van der Waals surface area contributed by atoms with Crippen molar-refractivity contribution in [2.24, 2.45) is 0 Å². The van der Waals surface area contributed by atoms with Crippen LogP contribution in [0.3, 0.4) is 0 Å². The van der Waals surface area contributed by atoms with Gasteiger partial charge in [-0.2, -0.15) is 0 Å². The smallest absolute Gasteiger partial charge is 0.339 e. The molecule has 1 unspecified atom stereocenters. The van der Waals surface area contributed by atoms with E-state index in [2.05, 4.69) is 10.3 Å². The van der Waals surface area contributed by atoms with Crippen LogP contribution in [0.4, 0.5) is 11.5 Å².